The van der Waals surface area contributed by atoms with Crippen molar-refractivity contribution in [3.05, 3.63) is 50.1 Å². The number of aryl methyl sites for hydroxylation is 1. The Labute approximate surface area is 128 Å². The zero-order valence-electron chi connectivity index (χ0n) is 12.2. The topological polar surface area (TPSA) is 57.2 Å². The first-order chi connectivity index (χ1) is 10.1. The zero-order chi connectivity index (χ0) is 15.2. The van der Waals surface area contributed by atoms with Crippen LogP contribution in [0.25, 0.3) is 0 Å². The van der Waals surface area contributed by atoms with Gasteiger partial charge in [0.25, 0.3) is 0 Å². The number of thiazole rings is 1. The molecule has 1 aromatic heterocycles. The molecule has 1 heterocycles. The van der Waals surface area contributed by atoms with Gasteiger partial charge in [-0.25, -0.2) is 0 Å². The van der Waals surface area contributed by atoms with E-state index in [0.717, 1.165) is 21.9 Å². The van der Waals surface area contributed by atoms with Crippen LogP contribution in [0.15, 0.2) is 29.1 Å². The molecule has 0 aliphatic carbocycles. The van der Waals surface area contributed by atoms with Gasteiger partial charge in [0.05, 0.1) is 13.1 Å². The second kappa shape index (κ2) is 7.11. The summed E-state index contributed by atoms with van der Waals surface area (Å²) in [5.74, 6) is 6.53. The van der Waals surface area contributed by atoms with Crippen molar-refractivity contribution in [2.75, 3.05) is 13.2 Å². The fourth-order valence-corrected chi connectivity index (χ4v) is 2.75. The number of hydrogen-bond acceptors (Lipinski definition) is 4. The first-order valence-corrected chi connectivity index (χ1v) is 7.52. The standard InChI is InChI=1S/C16H18N2O2S/c1-12-13(2)21-16(19)18(12)10-11-20-15-7-5-14(6-8-15)4-3-9-17/h5-8H,9-11,17H2,1-2H3. The molecule has 110 valence electrons. The molecule has 4 nitrogen and oxygen atoms in total. The molecule has 0 spiro atoms. The van der Waals surface area contributed by atoms with E-state index in [1.54, 1.807) is 4.57 Å². The predicted octanol–water partition coefficient (Wildman–Crippen LogP) is 1.92. The third kappa shape index (κ3) is 3.97. The molecule has 0 unspecified atom stereocenters. The Morgan fingerprint density at radius 2 is 2.00 bits per heavy atom. The van der Waals surface area contributed by atoms with E-state index in [2.05, 4.69) is 11.8 Å². The van der Waals surface area contributed by atoms with Crippen molar-refractivity contribution in [2.24, 2.45) is 5.73 Å². The van der Waals surface area contributed by atoms with E-state index in [1.165, 1.54) is 11.3 Å². The van der Waals surface area contributed by atoms with Crippen molar-refractivity contribution in [3.63, 3.8) is 0 Å². The highest BCUT2D eigenvalue weighted by Gasteiger charge is 2.06. The first-order valence-electron chi connectivity index (χ1n) is 6.70. The van der Waals surface area contributed by atoms with Crippen LogP contribution in [-0.4, -0.2) is 17.7 Å². The molecule has 0 saturated heterocycles. The summed E-state index contributed by atoms with van der Waals surface area (Å²) in [5, 5.41) is 0. The second-order valence-corrected chi connectivity index (χ2v) is 5.71. The van der Waals surface area contributed by atoms with Crippen molar-refractivity contribution in [1.29, 1.82) is 0 Å². The highest BCUT2D eigenvalue weighted by Crippen LogP contribution is 2.12. The Morgan fingerprint density at radius 3 is 2.57 bits per heavy atom. The molecule has 0 aliphatic rings. The monoisotopic (exact) mass is 302 g/mol. The summed E-state index contributed by atoms with van der Waals surface area (Å²) < 4.78 is 7.41. The van der Waals surface area contributed by atoms with E-state index >= 15 is 0 Å². The van der Waals surface area contributed by atoms with Gasteiger partial charge in [0.2, 0.25) is 0 Å². The Morgan fingerprint density at radius 1 is 1.29 bits per heavy atom. The number of aromatic nitrogens is 1. The molecule has 0 amide bonds. The number of nitrogens with two attached hydrogens (primary N) is 1. The zero-order valence-corrected chi connectivity index (χ0v) is 13.0. The average Bonchev–Trinajstić information content (AvgIpc) is 2.72. The molecule has 21 heavy (non-hydrogen) atoms. The lowest BCUT2D eigenvalue weighted by Gasteiger charge is -2.08. The van der Waals surface area contributed by atoms with Gasteiger partial charge in [-0.05, 0) is 38.1 Å². The van der Waals surface area contributed by atoms with Crippen LogP contribution in [0.5, 0.6) is 5.75 Å². The molecule has 2 rings (SSSR count). The fourth-order valence-electron chi connectivity index (χ4n) is 1.89. The largest absolute Gasteiger partial charge is 0.492 e. The minimum Gasteiger partial charge on any atom is -0.492 e. The van der Waals surface area contributed by atoms with Crippen molar-refractivity contribution in [3.8, 4) is 17.6 Å². The third-order valence-electron chi connectivity index (χ3n) is 3.15. The van der Waals surface area contributed by atoms with E-state index in [9.17, 15) is 4.79 Å². The van der Waals surface area contributed by atoms with Crippen LogP contribution in [0.2, 0.25) is 0 Å². The Hall–Kier alpha value is -2.03. The molecule has 0 atom stereocenters. The van der Waals surface area contributed by atoms with Crippen molar-refractivity contribution in [2.45, 2.75) is 20.4 Å². The van der Waals surface area contributed by atoms with Crippen LogP contribution in [0.4, 0.5) is 0 Å². The summed E-state index contributed by atoms with van der Waals surface area (Å²) in [4.78, 5) is 12.9. The maximum Gasteiger partial charge on any atom is 0.307 e. The summed E-state index contributed by atoms with van der Waals surface area (Å²) in [5.41, 5.74) is 7.25. The maximum absolute atomic E-state index is 11.7. The van der Waals surface area contributed by atoms with Gasteiger partial charge < -0.3 is 10.5 Å². The van der Waals surface area contributed by atoms with Crippen LogP contribution < -0.4 is 15.3 Å². The summed E-state index contributed by atoms with van der Waals surface area (Å²) in [6.45, 7) is 5.29. The van der Waals surface area contributed by atoms with E-state index in [0.29, 0.717) is 19.7 Å². The van der Waals surface area contributed by atoms with Gasteiger partial charge in [-0.15, -0.1) is 0 Å². The summed E-state index contributed by atoms with van der Waals surface area (Å²) in [6.07, 6.45) is 0. The molecule has 2 aromatic rings. The molecular weight excluding hydrogens is 284 g/mol. The molecular formula is C16H18N2O2S. The Balaban J connectivity index is 1.93. The lowest BCUT2D eigenvalue weighted by Crippen LogP contribution is -2.19. The second-order valence-electron chi connectivity index (χ2n) is 4.54. The normalized spacial score (nSPS) is 10.0. The van der Waals surface area contributed by atoms with E-state index in [-0.39, 0.29) is 4.87 Å². The van der Waals surface area contributed by atoms with Crippen LogP contribution in [0.3, 0.4) is 0 Å². The third-order valence-corrected chi connectivity index (χ3v) is 4.14. The quantitative estimate of drug-likeness (QED) is 0.878. The van der Waals surface area contributed by atoms with Crippen LogP contribution in [-0.2, 0) is 6.54 Å². The smallest absolute Gasteiger partial charge is 0.307 e. The molecule has 0 fully saturated rings. The van der Waals surface area contributed by atoms with Gasteiger partial charge >= 0.3 is 4.87 Å². The molecule has 0 aliphatic heterocycles. The van der Waals surface area contributed by atoms with E-state index < -0.39 is 0 Å². The number of ether oxygens (including phenoxy) is 1. The molecule has 5 heteroatoms. The molecule has 0 saturated carbocycles. The van der Waals surface area contributed by atoms with Gasteiger partial charge in [0, 0.05) is 16.1 Å². The predicted molar refractivity (Wildman–Crippen MR) is 85.9 cm³/mol. The van der Waals surface area contributed by atoms with Gasteiger partial charge in [0.15, 0.2) is 0 Å². The van der Waals surface area contributed by atoms with E-state index in [1.807, 2.05) is 38.1 Å². The molecule has 2 N–H and O–H groups in total. The fraction of sp³-hybridized carbons (Fsp3) is 0.312. The molecule has 0 radical (unpaired) electrons. The lowest BCUT2D eigenvalue weighted by molar-refractivity contribution is 0.296. The van der Waals surface area contributed by atoms with Crippen molar-refractivity contribution in [1.82, 2.24) is 4.57 Å². The number of benzene rings is 1. The highest BCUT2D eigenvalue weighted by atomic mass is 32.1. The summed E-state index contributed by atoms with van der Waals surface area (Å²) in [6, 6.07) is 7.53. The highest BCUT2D eigenvalue weighted by molar-refractivity contribution is 7.09. The number of rotatable bonds is 4. The number of nitrogens with zero attached hydrogens (tertiary/aromatic N) is 1. The Bertz CT molecular complexity index is 717. The van der Waals surface area contributed by atoms with Gasteiger partial charge in [0.1, 0.15) is 12.4 Å². The minimum atomic E-state index is 0.0704. The van der Waals surface area contributed by atoms with Crippen LogP contribution in [0.1, 0.15) is 16.1 Å². The Kier molecular flexibility index (Phi) is 5.20. The SMILES string of the molecule is Cc1sc(=O)n(CCOc2ccc(C#CCN)cc2)c1C. The lowest BCUT2D eigenvalue weighted by atomic mass is 10.2. The molecule has 1 aromatic carbocycles. The first kappa shape index (κ1) is 15.4. The average molecular weight is 302 g/mol. The van der Waals surface area contributed by atoms with Gasteiger partial charge in [-0.3, -0.25) is 9.36 Å². The molecule has 0 bridgehead atoms. The van der Waals surface area contributed by atoms with Gasteiger partial charge in [-0.2, -0.15) is 0 Å². The summed E-state index contributed by atoms with van der Waals surface area (Å²) in [7, 11) is 0. The van der Waals surface area contributed by atoms with Crippen LogP contribution in [0, 0.1) is 25.7 Å². The maximum atomic E-state index is 11.7. The summed E-state index contributed by atoms with van der Waals surface area (Å²) >= 11 is 1.28. The van der Waals surface area contributed by atoms with Crippen LogP contribution >= 0.6 is 11.3 Å². The number of hydrogen-bond donors (Lipinski definition) is 1. The minimum absolute atomic E-state index is 0.0704. The van der Waals surface area contributed by atoms with E-state index in [4.69, 9.17) is 10.5 Å². The van der Waals surface area contributed by atoms with Crippen molar-refractivity contribution < 1.29 is 4.74 Å². The van der Waals surface area contributed by atoms with Crippen molar-refractivity contribution >= 4 is 11.3 Å². The van der Waals surface area contributed by atoms with Gasteiger partial charge in [-0.1, -0.05) is 23.2 Å².